The molecule has 0 spiro atoms. The van der Waals surface area contributed by atoms with E-state index in [1.165, 1.54) is 28.8 Å². The van der Waals surface area contributed by atoms with E-state index in [0.29, 0.717) is 28.1 Å². The topological polar surface area (TPSA) is 48.0 Å². The highest BCUT2D eigenvalue weighted by atomic mass is 19.1. The molecule has 0 unspecified atom stereocenters. The number of nitrogens with zero attached hydrogens (tertiary/aromatic N) is 2. The molecule has 2 aromatic carbocycles. The van der Waals surface area contributed by atoms with Crippen molar-refractivity contribution >= 4 is 6.08 Å². The quantitative estimate of drug-likeness (QED) is 0.351. The summed E-state index contributed by atoms with van der Waals surface area (Å²) in [6.07, 6.45) is 3.25. The normalized spacial score (nSPS) is 11.0. The molecule has 0 radical (unpaired) electrons. The fourth-order valence-corrected chi connectivity index (χ4v) is 3.78. The van der Waals surface area contributed by atoms with Gasteiger partial charge in [0, 0.05) is 23.9 Å². The van der Waals surface area contributed by atoms with E-state index in [1.807, 2.05) is 13.8 Å². The van der Waals surface area contributed by atoms with E-state index in [0.717, 1.165) is 17.7 Å². The molecule has 7 heteroatoms. The number of pyridine rings is 1. The second-order valence-electron chi connectivity index (χ2n) is 8.09. The molecule has 4 aromatic rings. The van der Waals surface area contributed by atoms with Gasteiger partial charge in [0.05, 0.1) is 11.3 Å². The van der Waals surface area contributed by atoms with Crippen LogP contribution in [0.5, 0.6) is 0 Å². The van der Waals surface area contributed by atoms with E-state index < -0.39 is 17.5 Å². The molecule has 0 bridgehead atoms. The number of aryl methyl sites for hydroxylation is 2. The number of benzene rings is 2. The Labute approximate surface area is 188 Å². The van der Waals surface area contributed by atoms with Gasteiger partial charge in [0.15, 0.2) is 5.76 Å². The van der Waals surface area contributed by atoms with Crippen LogP contribution in [0, 0.1) is 31.3 Å². The standard InChI is InChI=1S/C26H21F3N2O2/c1-14(2)9-22-30-24(26(33-22)20-7-6-18(27)12-21(20)29)17-5-8-23(32)31(13-17)25-15(3)10-19(28)11-16(25)4/h5-13H,1-4H3. The summed E-state index contributed by atoms with van der Waals surface area (Å²) in [5, 5.41) is 0. The van der Waals surface area contributed by atoms with Gasteiger partial charge in [-0.05, 0) is 75.2 Å². The van der Waals surface area contributed by atoms with Gasteiger partial charge in [0.25, 0.3) is 5.56 Å². The highest BCUT2D eigenvalue weighted by Gasteiger charge is 2.21. The Morgan fingerprint density at radius 1 is 0.970 bits per heavy atom. The van der Waals surface area contributed by atoms with E-state index in [4.69, 9.17) is 4.42 Å². The van der Waals surface area contributed by atoms with E-state index >= 15 is 0 Å². The summed E-state index contributed by atoms with van der Waals surface area (Å²) < 4.78 is 49.2. The molecule has 0 N–H and O–H groups in total. The fourth-order valence-electron chi connectivity index (χ4n) is 3.78. The van der Waals surface area contributed by atoms with Crippen LogP contribution in [0.1, 0.15) is 30.9 Å². The molecule has 0 aliphatic carbocycles. The number of oxazole rings is 1. The predicted octanol–water partition coefficient (Wildman–Crippen LogP) is 6.62. The van der Waals surface area contributed by atoms with E-state index in [2.05, 4.69) is 4.98 Å². The summed E-state index contributed by atoms with van der Waals surface area (Å²) in [6, 6.07) is 8.81. The number of halogens is 3. The lowest BCUT2D eigenvalue weighted by Gasteiger charge is -2.14. The summed E-state index contributed by atoms with van der Waals surface area (Å²) in [7, 11) is 0. The molecule has 0 amide bonds. The van der Waals surface area contributed by atoms with Crippen LogP contribution in [0.25, 0.3) is 34.3 Å². The minimum Gasteiger partial charge on any atom is -0.436 e. The Morgan fingerprint density at radius 2 is 1.67 bits per heavy atom. The Hall–Kier alpha value is -3.87. The van der Waals surface area contributed by atoms with Crippen molar-refractivity contribution in [3.05, 3.63) is 99.1 Å². The van der Waals surface area contributed by atoms with Crippen molar-refractivity contribution in [1.29, 1.82) is 0 Å². The van der Waals surface area contributed by atoms with Crippen molar-refractivity contribution in [2.45, 2.75) is 27.7 Å². The van der Waals surface area contributed by atoms with Crippen LogP contribution < -0.4 is 5.56 Å². The summed E-state index contributed by atoms with van der Waals surface area (Å²) in [6.45, 7) is 7.16. The first kappa shape index (κ1) is 22.3. The van der Waals surface area contributed by atoms with Gasteiger partial charge in [-0.15, -0.1) is 0 Å². The Kier molecular flexibility index (Phi) is 5.80. The van der Waals surface area contributed by atoms with Crippen molar-refractivity contribution in [1.82, 2.24) is 9.55 Å². The summed E-state index contributed by atoms with van der Waals surface area (Å²) in [5.74, 6) is -1.55. The molecule has 2 aromatic heterocycles. The van der Waals surface area contributed by atoms with Crippen molar-refractivity contribution in [2.75, 3.05) is 0 Å². The summed E-state index contributed by atoms with van der Waals surface area (Å²) in [5.41, 5.74) is 3.12. The first-order valence-electron chi connectivity index (χ1n) is 10.3. The van der Waals surface area contributed by atoms with Crippen LogP contribution in [-0.4, -0.2) is 9.55 Å². The van der Waals surface area contributed by atoms with Crippen molar-refractivity contribution in [2.24, 2.45) is 0 Å². The van der Waals surface area contributed by atoms with E-state index in [-0.39, 0.29) is 22.8 Å². The molecule has 0 saturated carbocycles. The monoisotopic (exact) mass is 450 g/mol. The van der Waals surface area contributed by atoms with E-state index in [1.54, 1.807) is 32.2 Å². The first-order valence-corrected chi connectivity index (χ1v) is 10.3. The van der Waals surface area contributed by atoms with Crippen LogP contribution >= 0.6 is 0 Å². The molecule has 33 heavy (non-hydrogen) atoms. The summed E-state index contributed by atoms with van der Waals surface area (Å²) in [4.78, 5) is 17.2. The zero-order valence-electron chi connectivity index (χ0n) is 18.5. The van der Waals surface area contributed by atoms with Crippen LogP contribution in [0.3, 0.4) is 0 Å². The Balaban J connectivity index is 1.97. The van der Waals surface area contributed by atoms with Crippen molar-refractivity contribution in [3.63, 3.8) is 0 Å². The molecule has 0 fully saturated rings. The second kappa shape index (κ2) is 8.58. The predicted molar refractivity (Wildman–Crippen MR) is 122 cm³/mol. The molecule has 0 atom stereocenters. The van der Waals surface area contributed by atoms with Crippen LogP contribution in [-0.2, 0) is 0 Å². The van der Waals surface area contributed by atoms with Crippen LogP contribution in [0.15, 0.2) is 63.4 Å². The first-order chi connectivity index (χ1) is 15.6. The number of allylic oxidation sites excluding steroid dienone is 1. The lowest BCUT2D eigenvalue weighted by molar-refractivity contribution is 0.546. The maximum absolute atomic E-state index is 14.6. The highest BCUT2D eigenvalue weighted by Crippen LogP contribution is 2.35. The van der Waals surface area contributed by atoms with Gasteiger partial charge in [-0.3, -0.25) is 9.36 Å². The van der Waals surface area contributed by atoms with Crippen molar-refractivity contribution in [3.8, 4) is 28.3 Å². The van der Waals surface area contributed by atoms with E-state index in [9.17, 15) is 18.0 Å². The fraction of sp³-hybridized carbons (Fsp3) is 0.154. The van der Waals surface area contributed by atoms with Gasteiger partial charge in [0.2, 0.25) is 5.89 Å². The van der Waals surface area contributed by atoms with Gasteiger partial charge in [-0.2, -0.15) is 0 Å². The molecule has 0 aliphatic heterocycles. The molecule has 4 nitrogen and oxygen atoms in total. The zero-order valence-corrected chi connectivity index (χ0v) is 18.5. The number of hydrogen-bond acceptors (Lipinski definition) is 3. The third-order valence-corrected chi connectivity index (χ3v) is 5.11. The minimum atomic E-state index is -0.797. The van der Waals surface area contributed by atoms with Gasteiger partial charge in [-0.25, -0.2) is 18.2 Å². The number of rotatable bonds is 4. The molecular formula is C26H21F3N2O2. The average Bonchev–Trinajstić information content (AvgIpc) is 3.11. The third-order valence-electron chi connectivity index (χ3n) is 5.11. The lowest BCUT2D eigenvalue weighted by atomic mass is 10.1. The van der Waals surface area contributed by atoms with Gasteiger partial charge in [0.1, 0.15) is 23.1 Å². The van der Waals surface area contributed by atoms with Crippen LogP contribution in [0.4, 0.5) is 13.2 Å². The Morgan fingerprint density at radius 3 is 2.30 bits per heavy atom. The molecule has 0 aliphatic rings. The molecule has 168 valence electrons. The van der Waals surface area contributed by atoms with Gasteiger partial charge >= 0.3 is 0 Å². The second-order valence-corrected chi connectivity index (χ2v) is 8.09. The molecule has 2 heterocycles. The largest absolute Gasteiger partial charge is 0.436 e. The SMILES string of the molecule is CC(C)=Cc1nc(-c2ccc(=O)n(-c3c(C)cc(F)cc3C)c2)c(-c2ccc(F)cc2F)o1. The van der Waals surface area contributed by atoms with Gasteiger partial charge in [-0.1, -0.05) is 5.57 Å². The molecular weight excluding hydrogens is 429 g/mol. The zero-order chi connectivity index (χ0) is 23.9. The van der Waals surface area contributed by atoms with Crippen molar-refractivity contribution < 1.29 is 17.6 Å². The Bertz CT molecular complexity index is 1440. The highest BCUT2D eigenvalue weighted by molar-refractivity contribution is 5.78. The maximum atomic E-state index is 14.6. The number of hydrogen-bond donors (Lipinski definition) is 0. The third kappa shape index (κ3) is 4.39. The van der Waals surface area contributed by atoms with Gasteiger partial charge < -0.3 is 4.42 Å². The lowest BCUT2D eigenvalue weighted by Crippen LogP contribution is -2.18. The smallest absolute Gasteiger partial charge is 0.255 e. The summed E-state index contributed by atoms with van der Waals surface area (Å²) >= 11 is 0. The number of aromatic nitrogens is 2. The average molecular weight is 450 g/mol. The molecule has 4 rings (SSSR count). The van der Waals surface area contributed by atoms with Crippen LogP contribution in [0.2, 0.25) is 0 Å². The molecule has 0 saturated heterocycles. The maximum Gasteiger partial charge on any atom is 0.255 e. The minimum absolute atomic E-state index is 0.0409.